The number of benzene rings is 1. The number of anilines is 1. The highest BCUT2D eigenvalue weighted by atomic mass is 35.5. The zero-order valence-electron chi connectivity index (χ0n) is 16.6. The van der Waals surface area contributed by atoms with Gasteiger partial charge in [-0.2, -0.15) is 0 Å². The normalized spacial score (nSPS) is 19.4. The summed E-state index contributed by atoms with van der Waals surface area (Å²) in [5, 5.41) is 14.4. The number of pyridine rings is 1. The minimum absolute atomic E-state index is 0.132. The average molecular weight is 449 g/mol. The van der Waals surface area contributed by atoms with Crippen molar-refractivity contribution in [2.24, 2.45) is 0 Å². The average Bonchev–Trinajstić information content (AvgIpc) is 2.70. The Hall–Kier alpha value is -2.19. The third kappa shape index (κ3) is 4.03. The molecule has 158 valence electrons. The van der Waals surface area contributed by atoms with Gasteiger partial charge in [0, 0.05) is 30.5 Å². The number of aromatic nitrogens is 3. The fourth-order valence-electron chi connectivity index (χ4n) is 3.63. The summed E-state index contributed by atoms with van der Waals surface area (Å²) >= 11 is 12.9. The summed E-state index contributed by atoms with van der Waals surface area (Å²) in [6.45, 7) is 4.89. The number of hydrogen-bond donors (Lipinski definition) is 2. The van der Waals surface area contributed by atoms with E-state index >= 15 is 0 Å². The summed E-state index contributed by atoms with van der Waals surface area (Å²) in [6.07, 6.45) is 3.27. The van der Waals surface area contributed by atoms with Gasteiger partial charge in [-0.1, -0.05) is 23.2 Å². The summed E-state index contributed by atoms with van der Waals surface area (Å²) in [5.41, 5.74) is 1.74. The van der Waals surface area contributed by atoms with Crippen LogP contribution in [0.4, 0.5) is 5.95 Å². The van der Waals surface area contributed by atoms with Crippen molar-refractivity contribution in [3.8, 4) is 11.3 Å². The second kappa shape index (κ2) is 8.51. The van der Waals surface area contributed by atoms with E-state index < -0.39 is 6.10 Å². The fourth-order valence-corrected chi connectivity index (χ4v) is 4.14. The van der Waals surface area contributed by atoms with Gasteiger partial charge in [-0.15, -0.1) is 0 Å². The van der Waals surface area contributed by atoms with Crippen molar-refractivity contribution in [3.63, 3.8) is 0 Å². The SMILES string of the molecule is CC(C)n1ccc(=O)c2c(Cl)cc(-c3nc(N[C@@H]4CCOC[C@H]4O)ncc3Cl)cc21. The van der Waals surface area contributed by atoms with Gasteiger partial charge in [-0.3, -0.25) is 4.79 Å². The van der Waals surface area contributed by atoms with Gasteiger partial charge in [0.15, 0.2) is 5.43 Å². The summed E-state index contributed by atoms with van der Waals surface area (Å²) in [6, 6.07) is 5.00. The molecule has 4 rings (SSSR count). The lowest BCUT2D eigenvalue weighted by Gasteiger charge is -2.28. The van der Waals surface area contributed by atoms with Gasteiger partial charge in [-0.05, 0) is 32.4 Å². The number of halogens is 2. The molecule has 2 aromatic heterocycles. The highest BCUT2D eigenvalue weighted by Gasteiger charge is 2.24. The molecular weight excluding hydrogens is 427 g/mol. The molecule has 2 atom stereocenters. The zero-order valence-corrected chi connectivity index (χ0v) is 18.1. The number of aliphatic hydroxyl groups is 1. The van der Waals surface area contributed by atoms with Crippen LogP contribution in [0, 0.1) is 0 Å². The van der Waals surface area contributed by atoms with E-state index in [1.807, 2.05) is 24.5 Å². The lowest BCUT2D eigenvalue weighted by Crippen LogP contribution is -2.42. The molecule has 3 heterocycles. The molecule has 0 radical (unpaired) electrons. The van der Waals surface area contributed by atoms with Crippen LogP contribution in [0.25, 0.3) is 22.2 Å². The third-order valence-corrected chi connectivity index (χ3v) is 5.77. The van der Waals surface area contributed by atoms with E-state index in [1.165, 1.54) is 12.3 Å². The Balaban J connectivity index is 1.80. The number of rotatable bonds is 4. The summed E-state index contributed by atoms with van der Waals surface area (Å²) in [7, 11) is 0. The molecule has 1 aromatic carbocycles. The Morgan fingerprint density at radius 2 is 2.10 bits per heavy atom. The predicted molar refractivity (Wildman–Crippen MR) is 118 cm³/mol. The third-order valence-electron chi connectivity index (χ3n) is 5.20. The molecule has 9 heteroatoms. The van der Waals surface area contributed by atoms with Crippen molar-refractivity contribution >= 4 is 40.1 Å². The predicted octanol–water partition coefficient (Wildman–Crippen LogP) is 3.91. The molecule has 0 saturated carbocycles. The Kier molecular flexibility index (Phi) is 5.97. The molecule has 2 N–H and O–H groups in total. The van der Waals surface area contributed by atoms with E-state index in [0.29, 0.717) is 51.2 Å². The van der Waals surface area contributed by atoms with Crippen LogP contribution < -0.4 is 10.7 Å². The Labute approximate surface area is 183 Å². The van der Waals surface area contributed by atoms with E-state index in [0.717, 1.165) is 0 Å². The van der Waals surface area contributed by atoms with E-state index in [1.54, 1.807) is 12.3 Å². The minimum atomic E-state index is -0.642. The first-order valence-corrected chi connectivity index (χ1v) is 10.5. The van der Waals surface area contributed by atoms with Crippen LogP contribution in [0.1, 0.15) is 26.3 Å². The standard InChI is InChI=1S/C21H22Cl2N4O3/c1-11(2)27-5-3-17(28)19-13(22)7-12(8-16(19)27)20-14(23)9-24-21(26-20)25-15-4-6-30-10-18(15)29/h3,5,7-9,11,15,18,29H,4,6,10H2,1-2H3,(H,24,25,26)/t15-,18-/m1/s1. The Bertz CT molecular complexity index is 1150. The number of hydrogen-bond acceptors (Lipinski definition) is 6. The molecule has 0 spiro atoms. The maximum atomic E-state index is 12.4. The molecule has 0 bridgehead atoms. The zero-order chi connectivity index (χ0) is 21.4. The number of aliphatic hydroxyl groups excluding tert-OH is 1. The van der Waals surface area contributed by atoms with Gasteiger partial charge < -0.3 is 19.7 Å². The van der Waals surface area contributed by atoms with E-state index in [4.69, 9.17) is 27.9 Å². The molecular formula is C21H22Cl2N4O3. The first-order valence-electron chi connectivity index (χ1n) is 9.75. The molecule has 0 aliphatic carbocycles. The molecule has 0 unspecified atom stereocenters. The van der Waals surface area contributed by atoms with Gasteiger partial charge >= 0.3 is 0 Å². The van der Waals surface area contributed by atoms with E-state index in [-0.39, 0.29) is 24.1 Å². The molecule has 0 amide bonds. The van der Waals surface area contributed by atoms with Crippen molar-refractivity contribution in [1.82, 2.24) is 14.5 Å². The first kappa shape index (κ1) is 21.1. The highest BCUT2D eigenvalue weighted by Crippen LogP contribution is 2.33. The van der Waals surface area contributed by atoms with Crippen molar-refractivity contribution in [2.75, 3.05) is 18.5 Å². The molecule has 1 aliphatic heterocycles. The number of ether oxygens (including phenoxy) is 1. The smallest absolute Gasteiger partial charge is 0.223 e. The van der Waals surface area contributed by atoms with Crippen LogP contribution in [0.2, 0.25) is 10.0 Å². The van der Waals surface area contributed by atoms with Gasteiger partial charge in [0.1, 0.15) is 0 Å². The quantitative estimate of drug-likeness (QED) is 0.628. The van der Waals surface area contributed by atoms with Crippen molar-refractivity contribution in [1.29, 1.82) is 0 Å². The minimum Gasteiger partial charge on any atom is -0.389 e. The monoisotopic (exact) mass is 448 g/mol. The van der Waals surface area contributed by atoms with E-state index in [9.17, 15) is 9.90 Å². The molecule has 3 aromatic rings. The van der Waals surface area contributed by atoms with Gasteiger partial charge in [0.2, 0.25) is 5.95 Å². The number of fused-ring (bicyclic) bond motifs is 1. The second-order valence-electron chi connectivity index (χ2n) is 7.61. The first-order chi connectivity index (χ1) is 14.3. The largest absolute Gasteiger partial charge is 0.389 e. The fraction of sp³-hybridized carbons (Fsp3) is 0.381. The molecule has 1 fully saturated rings. The lowest BCUT2D eigenvalue weighted by molar-refractivity contribution is -0.0136. The van der Waals surface area contributed by atoms with Crippen LogP contribution in [0.15, 0.2) is 35.4 Å². The van der Waals surface area contributed by atoms with E-state index in [2.05, 4.69) is 15.3 Å². The molecule has 1 aliphatic rings. The van der Waals surface area contributed by atoms with Gasteiger partial charge in [-0.25, -0.2) is 9.97 Å². The molecule has 7 nitrogen and oxygen atoms in total. The Morgan fingerprint density at radius 1 is 1.30 bits per heavy atom. The van der Waals surface area contributed by atoms with Gasteiger partial charge in [0.25, 0.3) is 0 Å². The topological polar surface area (TPSA) is 89.3 Å². The van der Waals surface area contributed by atoms with Crippen molar-refractivity contribution < 1.29 is 9.84 Å². The highest BCUT2D eigenvalue weighted by molar-refractivity contribution is 6.36. The summed E-state index contributed by atoms with van der Waals surface area (Å²) < 4.78 is 7.25. The molecule has 30 heavy (non-hydrogen) atoms. The number of nitrogens with zero attached hydrogens (tertiary/aromatic N) is 3. The lowest BCUT2D eigenvalue weighted by atomic mass is 10.1. The van der Waals surface area contributed by atoms with Crippen LogP contribution in [0.5, 0.6) is 0 Å². The van der Waals surface area contributed by atoms with Crippen LogP contribution >= 0.6 is 23.2 Å². The summed E-state index contributed by atoms with van der Waals surface area (Å²) in [5.74, 6) is 0.353. The molecule has 1 saturated heterocycles. The van der Waals surface area contributed by atoms with Crippen molar-refractivity contribution in [2.45, 2.75) is 38.5 Å². The second-order valence-corrected chi connectivity index (χ2v) is 8.42. The number of nitrogens with one attached hydrogen (secondary N) is 1. The van der Waals surface area contributed by atoms with Crippen LogP contribution in [-0.2, 0) is 4.74 Å². The van der Waals surface area contributed by atoms with Gasteiger partial charge in [0.05, 0.1) is 51.6 Å². The van der Waals surface area contributed by atoms with Crippen LogP contribution in [-0.4, -0.2) is 45.0 Å². The summed E-state index contributed by atoms with van der Waals surface area (Å²) in [4.78, 5) is 21.2. The maximum absolute atomic E-state index is 12.4. The Morgan fingerprint density at radius 3 is 2.83 bits per heavy atom. The van der Waals surface area contributed by atoms with Crippen LogP contribution in [0.3, 0.4) is 0 Å². The van der Waals surface area contributed by atoms with Crippen molar-refractivity contribution in [3.05, 3.63) is 50.9 Å². The maximum Gasteiger partial charge on any atom is 0.223 e.